The molecule has 0 radical (unpaired) electrons. The van der Waals surface area contributed by atoms with Crippen LogP contribution in [0.25, 0.3) is 0 Å². The molecule has 3 aromatic rings. The average molecular weight is 416 g/mol. The zero-order valence-corrected chi connectivity index (χ0v) is 16.8. The van der Waals surface area contributed by atoms with Crippen LogP contribution in [0.3, 0.4) is 0 Å². The van der Waals surface area contributed by atoms with Crippen LogP contribution in [0, 0.1) is 0 Å². The van der Waals surface area contributed by atoms with Gasteiger partial charge < -0.3 is 0 Å². The van der Waals surface area contributed by atoms with Gasteiger partial charge >= 0.3 is 164 Å². The molecule has 0 fully saturated rings. The first-order valence-corrected chi connectivity index (χ1v) is 13.2. The van der Waals surface area contributed by atoms with E-state index >= 15 is 0 Å². The molecule has 0 saturated carbocycles. The molecule has 0 amide bonds. The molecule has 0 spiro atoms. The first-order valence-electron chi connectivity index (χ1n) is 10.2. The molecule has 0 aromatic heterocycles. The Bertz CT molecular complexity index is 781. The second-order valence-corrected chi connectivity index (χ2v) is 15.4. The van der Waals surface area contributed by atoms with E-state index in [0.717, 1.165) is 12.6 Å². The van der Waals surface area contributed by atoms with E-state index in [9.17, 15) is 0 Å². The minimum absolute atomic E-state index is 0.255. The Morgan fingerprint density at radius 1 is 0.680 bits per heavy atom. The monoisotopic (exact) mass is 415 g/mol. The van der Waals surface area contributed by atoms with Gasteiger partial charge in [0, 0.05) is 0 Å². The Morgan fingerprint density at radius 2 is 1.08 bits per heavy atom. The van der Waals surface area contributed by atoms with E-state index in [-0.39, 0.29) is 6.42 Å². The summed E-state index contributed by atoms with van der Waals surface area (Å²) in [4.78, 5) is 0. The predicted molar refractivity (Wildman–Crippen MR) is 118 cm³/mol. The van der Waals surface area contributed by atoms with Crippen LogP contribution in [0.15, 0.2) is 91.0 Å². The molecule has 0 aliphatic heterocycles. The zero-order chi connectivity index (χ0) is 20.1. The van der Waals surface area contributed by atoms with Crippen LogP contribution in [-0.2, 0) is 0 Å². The molecule has 3 aromatic carbocycles. The molecule has 0 aliphatic rings. The van der Waals surface area contributed by atoms with Crippen molar-refractivity contribution in [2.24, 2.45) is 0 Å². The van der Waals surface area contributed by atoms with Gasteiger partial charge in [-0.2, -0.15) is 0 Å². The van der Waals surface area contributed by atoms with Crippen LogP contribution in [0.1, 0.15) is 30.2 Å². The summed E-state index contributed by atoms with van der Waals surface area (Å²) < 4.78 is 22.6. The van der Waals surface area contributed by atoms with Crippen molar-refractivity contribution < 1.29 is 4.11 Å². The zero-order valence-electron chi connectivity index (χ0n) is 17.3. The van der Waals surface area contributed by atoms with Crippen molar-refractivity contribution in [3.8, 4) is 0 Å². The number of halogens is 1. The molecule has 0 heterocycles. The molecule has 0 N–H and O–H groups in total. The van der Waals surface area contributed by atoms with E-state index in [1.807, 2.05) is 18.2 Å². The summed E-state index contributed by atoms with van der Waals surface area (Å²) in [6.45, 7) is -1.87. The third kappa shape index (κ3) is 3.33. The minimum atomic E-state index is -2.90. The Labute approximate surface area is 164 Å². The van der Waals surface area contributed by atoms with Crippen LogP contribution in [0.4, 0.5) is 0 Å². The van der Waals surface area contributed by atoms with Crippen LogP contribution in [0.2, 0.25) is 0 Å². The number of unbranched alkanes of at least 4 members (excludes halogenated alkanes) is 1. The van der Waals surface area contributed by atoms with Crippen LogP contribution in [-0.4, -0.2) is 6.16 Å². The van der Waals surface area contributed by atoms with Gasteiger partial charge in [0.25, 0.3) is 0 Å². The van der Waals surface area contributed by atoms with E-state index in [2.05, 4.69) is 88.3 Å². The quantitative estimate of drug-likeness (QED) is 0.327. The van der Waals surface area contributed by atoms with Crippen molar-refractivity contribution in [2.45, 2.75) is 26.1 Å². The fourth-order valence-corrected chi connectivity index (χ4v) is 11.3. The van der Waals surface area contributed by atoms with E-state index in [0.29, 0.717) is 6.42 Å². The van der Waals surface area contributed by atoms with E-state index in [4.69, 9.17) is 4.11 Å². The van der Waals surface area contributed by atoms with Gasteiger partial charge in [0.05, 0.1) is 0 Å². The van der Waals surface area contributed by atoms with Gasteiger partial charge in [-0.1, -0.05) is 0 Å². The summed E-state index contributed by atoms with van der Waals surface area (Å²) in [5, 5.41) is 0.929. The van der Waals surface area contributed by atoms with Gasteiger partial charge in [-0.25, -0.2) is 0 Å². The van der Waals surface area contributed by atoms with Gasteiger partial charge in [0.2, 0.25) is 0 Å². The summed E-state index contributed by atoms with van der Waals surface area (Å²) in [5.74, 6) is 0. The first kappa shape index (κ1) is 14.7. The van der Waals surface area contributed by atoms with Crippen molar-refractivity contribution in [3.63, 3.8) is 0 Å². The van der Waals surface area contributed by atoms with Crippen molar-refractivity contribution >= 4 is 36.7 Å². The van der Waals surface area contributed by atoms with Crippen molar-refractivity contribution in [1.82, 2.24) is 0 Å². The number of hydrogen-bond acceptors (Lipinski definition) is 0. The summed E-state index contributed by atoms with van der Waals surface area (Å²) >= 11 is 4.39. The summed E-state index contributed by atoms with van der Waals surface area (Å²) in [6, 6.07) is 31.9. The molecule has 130 valence electrons. The molecule has 0 saturated heterocycles. The number of hydrogen-bond donors (Lipinski definition) is 0. The third-order valence-electron chi connectivity index (χ3n) is 4.89. The summed E-state index contributed by atoms with van der Waals surface area (Å²) in [7, 11) is 0. The van der Waals surface area contributed by atoms with Crippen LogP contribution < -0.4 is 15.9 Å². The molecule has 0 atom stereocenters. The molecule has 0 unspecified atom stereocenters. The standard InChI is InChI=1S/C23H26BrP/c1-2-3-13-20-25(24,21-14-7-4-8-15-21,22-16-9-5-10-17-22)23-18-11-6-12-19-23/h4-12,14-19H,2-3,13,20H2,1H3/i1D3. The van der Waals surface area contributed by atoms with Crippen LogP contribution >= 0.6 is 20.8 Å². The molecule has 2 heteroatoms. The van der Waals surface area contributed by atoms with Gasteiger partial charge in [-0.3, -0.25) is 0 Å². The molecule has 0 aliphatic carbocycles. The molecule has 25 heavy (non-hydrogen) atoms. The van der Waals surface area contributed by atoms with E-state index in [1.54, 1.807) is 0 Å². The maximum atomic E-state index is 7.54. The fourth-order valence-electron chi connectivity index (χ4n) is 3.58. The predicted octanol–water partition coefficient (Wildman–Crippen LogP) is 6.02. The second kappa shape index (κ2) is 7.85. The normalized spacial score (nSPS) is 15.4. The first-order chi connectivity index (χ1) is 13.3. The second-order valence-electron chi connectivity index (χ2n) is 6.37. The molecular formula is C23H26BrP. The summed E-state index contributed by atoms with van der Waals surface area (Å²) in [5.41, 5.74) is 0. The number of rotatable bonds is 7. The Balaban J connectivity index is 2.16. The SMILES string of the molecule is [2H]C([2H])([2H])CCCCP(Br)(c1ccccc1)(c1ccccc1)c1ccccc1. The van der Waals surface area contributed by atoms with Gasteiger partial charge in [-0.05, 0) is 0 Å². The third-order valence-corrected chi connectivity index (χ3v) is 14.9. The maximum absolute atomic E-state index is 7.54. The topological polar surface area (TPSA) is 0 Å². The Morgan fingerprint density at radius 3 is 1.44 bits per heavy atom. The molecular weight excluding hydrogens is 387 g/mol. The van der Waals surface area contributed by atoms with E-state index in [1.165, 1.54) is 15.9 Å². The number of benzene rings is 3. The van der Waals surface area contributed by atoms with E-state index < -0.39 is 12.2 Å². The van der Waals surface area contributed by atoms with Crippen molar-refractivity contribution in [1.29, 1.82) is 0 Å². The van der Waals surface area contributed by atoms with Crippen LogP contribution in [0.5, 0.6) is 0 Å². The van der Waals surface area contributed by atoms with Crippen molar-refractivity contribution in [3.05, 3.63) is 91.0 Å². The van der Waals surface area contributed by atoms with Crippen molar-refractivity contribution in [2.75, 3.05) is 6.16 Å². The Hall–Kier alpha value is -1.43. The molecule has 0 bridgehead atoms. The Kier molecular flexibility index (Phi) is 4.62. The molecule has 3 rings (SSSR count). The van der Waals surface area contributed by atoms with Gasteiger partial charge in [-0.15, -0.1) is 0 Å². The summed E-state index contributed by atoms with van der Waals surface area (Å²) in [6.07, 6.45) is 2.68. The average Bonchev–Trinajstić information content (AvgIpc) is 2.72. The van der Waals surface area contributed by atoms with Gasteiger partial charge in [0.1, 0.15) is 0 Å². The van der Waals surface area contributed by atoms with Gasteiger partial charge in [0.15, 0.2) is 0 Å². The fraction of sp³-hybridized carbons (Fsp3) is 0.217. The molecule has 0 nitrogen and oxygen atoms in total.